The van der Waals surface area contributed by atoms with Crippen molar-refractivity contribution in [2.75, 3.05) is 33.4 Å². The van der Waals surface area contributed by atoms with E-state index in [-0.39, 0.29) is 6.04 Å². The van der Waals surface area contributed by atoms with Gasteiger partial charge < -0.3 is 14.2 Å². The predicted octanol–water partition coefficient (Wildman–Crippen LogP) is 3.44. The second-order valence-electron chi connectivity index (χ2n) is 7.97. The van der Waals surface area contributed by atoms with Crippen LogP contribution in [-0.2, 0) is 6.42 Å². The van der Waals surface area contributed by atoms with Gasteiger partial charge in [-0.25, -0.2) is 9.97 Å². The number of hydrogen-bond donors (Lipinski definition) is 0. The summed E-state index contributed by atoms with van der Waals surface area (Å²) in [4.78, 5) is 11.6. The van der Waals surface area contributed by atoms with Gasteiger partial charge in [0.2, 0.25) is 5.88 Å². The lowest BCUT2D eigenvalue weighted by Crippen LogP contribution is -2.26. The molecule has 0 saturated carbocycles. The van der Waals surface area contributed by atoms with Crippen molar-refractivity contribution in [3.63, 3.8) is 0 Å². The maximum atomic E-state index is 5.66. The molecule has 0 bridgehead atoms. The Morgan fingerprint density at radius 1 is 1.18 bits per heavy atom. The van der Waals surface area contributed by atoms with Gasteiger partial charge in [-0.1, -0.05) is 6.92 Å². The molecule has 28 heavy (non-hydrogen) atoms. The number of likely N-dealkylation sites (tertiary alicyclic amines) is 1. The second-order valence-corrected chi connectivity index (χ2v) is 7.97. The Bertz CT molecular complexity index is 842. The Balaban J connectivity index is 1.45. The van der Waals surface area contributed by atoms with Crippen LogP contribution in [0.4, 0.5) is 0 Å². The molecule has 6 nitrogen and oxygen atoms in total. The van der Waals surface area contributed by atoms with Crippen molar-refractivity contribution < 1.29 is 14.2 Å². The summed E-state index contributed by atoms with van der Waals surface area (Å²) in [5.41, 5.74) is 3.34. The molecule has 1 fully saturated rings. The van der Waals surface area contributed by atoms with Crippen LogP contribution in [0.1, 0.15) is 36.8 Å². The van der Waals surface area contributed by atoms with Gasteiger partial charge in [-0.05, 0) is 55.9 Å². The minimum Gasteiger partial charge on any atom is -0.484 e. The Hall–Kier alpha value is -2.34. The van der Waals surface area contributed by atoms with Crippen LogP contribution in [0.3, 0.4) is 0 Å². The Morgan fingerprint density at radius 3 is 2.82 bits per heavy atom. The van der Waals surface area contributed by atoms with Crippen molar-refractivity contribution in [2.24, 2.45) is 11.8 Å². The molecule has 150 valence electrons. The van der Waals surface area contributed by atoms with E-state index in [4.69, 9.17) is 19.2 Å². The van der Waals surface area contributed by atoms with E-state index < -0.39 is 0 Å². The maximum Gasteiger partial charge on any atom is 0.257 e. The molecule has 2 aromatic heterocycles. The van der Waals surface area contributed by atoms with E-state index >= 15 is 0 Å². The highest BCUT2D eigenvalue weighted by Gasteiger charge is 2.33. The number of aromatic nitrogens is 2. The second kappa shape index (κ2) is 7.95. The molecule has 3 atom stereocenters. The van der Waals surface area contributed by atoms with Gasteiger partial charge in [-0.3, -0.25) is 4.90 Å². The third-order valence-electron chi connectivity index (χ3n) is 5.90. The third kappa shape index (κ3) is 3.92. The van der Waals surface area contributed by atoms with Gasteiger partial charge in [0.1, 0.15) is 13.2 Å². The topological polar surface area (TPSA) is 56.7 Å². The van der Waals surface area contributed by atoms with Gasteiger partial charge in [-0.15, -0.1) is 0 Å². The lowest BCUT2D eigenvalue weighted by Gasteiger charge is -2.25. The minimum atomic E-state index is 0.247. The number of nitrogens with zero attached hydrogens (tertiary/aromatic N) is 3. The van der Waals surface area contributed by atoms with E-state index in [9.17, 15) is 0 Å². The van der Waals surface area contributed by atoms with Crippen LogP contribution >= 0.6 is 0 Å². The molecular formula is C22H29N3O3. The zero-order chi connectivity index (χ0) is 19.7. The van der Waals surface area contributed by atoms with Gasteiger partial charge in [-0.2, -0.15) is 0 Å². The summed E-state index contributed by atoms with van der Waals surface area (Å²) in [6.07, 6.45) is 1.04. The Kier molecular flexibility index (Phi) is 5.40. The smallest absolute Gasteiger partial charge is 0.257 e. The minimum absolute atomic E-state index is 0.247. The van der Waals surface area contributed by atoms with Crippen molar-refractivity contribution in [1.29, 1.82) is 0 Å². The molecule has 0 aromatic carbocycles. The number of rotatable bonds is 5. The van der Waals surface area contributed by atoms with Crippen LogP contribution in [-0.4, -0.2) is 48.3 Å². The van der Waals surface area contributed by atoms with E-state index in [0.717, 1.165) is 36.6 Å². The van der Waals surface area contributed by atoms with Gasteiger partial charge in [0.05, 0.1) is 12.8 Å². The SMILES string of the molecule is COc1cc(C[C@H]2CN([C@H](C)c3ccc4c(n3)OCCO4)C[C@@H]2C)cc(C)n1. The van der Waals surface area contributed by atoms with Crippen LogP contribution in [0.5, 0.6) is 17.5 Å². The summed E-state index contributed by atoms with van der Waals surface area (Å²) in [6, 6.07) is 8.53. The molecule has 2 aromatic rings. The van der Waals surface area contributed by atoms with Crippen molar-refractivity contribution in [3.05, 3.63) is 41.2 Å². The average Bonchev–Trinajstić information content (AvgIpc) is 3.06. The van der Waals surface area contributed by atoms with Crippen LogP contribution in [0.2, 0.25) is 0 Å². The number of fused-ring (bicyclic) bond motifs is 1. The summed E-state index contributed by atoms with van der Waals surface area (Å²) in [7, 11) is 1.67. The van der Waals surface area contributed by atoms with Crippen molar-refractivity contribution in [3.8, 4) is 17.5 Å². The van der Waals surface area contributed by atoms with Gasteiger partial charge in [0.25, 0.3) is 5.88 Å². The number of methoxy groups -OCH3 is 1. The molecule has 0 aliphatic carbocycles. The Morgan fingerprint density at radius 2 is 2.00 bits per heavy atom. The number of aryl methyl sites for hydroxylation is 1. The molecule has 1 saturated heterocycles. The molecule has 0 N–H and O–H groups in total. The van der Waals surface area contributed by atoms with Gasteiger partial charge in [0, 0.05) is 30.9 Å². The van der Waals surface area contributed by atoms with Crippen molar-refractivity contribution >= 4 is 0 Å². The van der Waals surface area contributed by atoms with Crippen LogP contribution in [0, 0.1) is 18.8 Å². The lowest BCUT2D eigenvalue weighted by atomic mass is 9.91. The molecule has 6 heteroatoms. The average molecular weight is 383 g/mol. The molecule has 0 amide bonds. The standard InChI is InChI=1S/C22H29N3O3/c1-14-12-25(13-18(14)10-17-9-15(2)23-21(11-17)26-4)16(3)19-5-6-20-22(24-19)28-8-7-27-20/h5-6,9,11,14,16,18H,7-8,10,12-13H2,1-4H3/t14-,16+,18-/m0/s1. The lowest BCUT2D eigenvalue weighted by molar-refractivity contribution is 0.162. The molecule has 2 aliphatic rings. The van der Waals surface area contributed by atoms with Crippen molar-refractivity contribution in [1.82, 2.24) is 14.9 Å². The predicted molar refractivity (Wildman–Crippen MR) is 107 cm³/mol. The van der Waals surface area contributed by atoms with Gasteiger partial charge in [0.15, 0.2) is 5.75 Å². The molecule has 4 rings (SSSR count). The first-order chi connectivity index (χ1) is 13.5. The monoisotopic (exact) mass is 383 g/mol. The fourth-order valence-corrected chi connectivity index (χ4v) is 4.25. The van der Waals surface area contributed by atoms with Crippen LogP contribution < -0.4 is 14.2 Å². The van der Waals surface area contributed by atoms with Gasteiger partial charge >= 0.3 is 0 Å². The third-order valence-corrected chi connectivity index (χ3v) is 5.90. The highest BCUT2D eigenvalue weighted by Crippen LogP contribution is 2.35. The van der Waals surface area contributed by atoms with E-state index in [0.29, 0.717) is 36.8 Å². The summed E-state index contributed by atoms with van der Waals surface area (Å²) in [5, 5.41) is 0. The first-order valence-electron chi connectivity index (χ1n) is 10.1. The normalized spacial score (nSPS) is 22.9. The summed E-state index contributed by atoms with van der Waals surface area (Å²) < 4.78 is 16.6. The summed E-state index contributed by atoms with van der Waals surface area (Å²) >= 11 is 0. The molecule has 4 heterocycles. The van der Waals surface area contributed by atoms with Crippen LogP contribution in [0.25, 0.3) is 0 Å². The Labute approximate surface area is 166 Å². The first kappa shape index (κ1) is 19.0. The summed E-state index contributed by atoms with van der Waals surface area (Å²) in [6.45, 7) is 9.88. The zero-order valence-corrected chi connectivity index (χ0v) is 17.1. The van der Waals surface area contributed by atoms with E-state index in [1.807, 2.05) is 13.0 Å². The number of hydrogen-bond acceptors (Lipinski definition) is 6. The zero-order valence-electron chi connectivity index (χ0n) is 17.1. The molecule has 2 aliphatic heterocycles. The van der Waals surface area contributed by atoms with E-state index in [1.54, 1.807) is 7.11 Å². The summed E-state index contributed by atoms with van der Waals surface area (Å²) in [5.74, 6) is 3.30. The highest BCUT2D eigenvalue weighted by molar-refractivity contribution is 5.36. The van der Waals surface area contributed by atoms with E-state index in [1.165, 1.54) is 5.56 Å². The molecule has 0 unspecified atom stereocenters. The molecule has 0 spiro atoms. The van der Waals surface area contributed by atoms with Crippen LogP contribution in [0.15, 0.2) is 24.3 Å². The molecule has 0 radical (unpaired) electrons. The maximum absolute atomic E-state index is 5.66. The first-order valence-corrected chi connectivity index (χ1v) is 10.1. The fraction of sp³-hybridized carbons (Fsp3) is 0.545. The van der Waals surface area contributed by atoms with E-state index in [2.05, 4.69) is 41.9 Å². The highest BCUT2D eigenvalue weighted by atomic mass is 16.6. The quantitative estimate of drug-likeness (QED) is 0.788. The fourth-order valence-electron chi connectivity index (χ4n) is 4.25. The largest absolute Gasteiger partial charge is 0.484 e. The molecular weight excluding hydrogens is 354 g/mol. The number of ether oxygens (including phenoxy) is 3. The van der Waals surface area contributed by atoms with Crippen molar-refractivity contribution in [2.45, 2.75) is 33.2 Å². The number of pyridine rings is 2.